The number of halogens is 2. The standard InChI is InChI=1S/C15H14Cl2N2OS/c16-11-5-9(6-12(18)14(11)17)15(20)19-7-10-4-8-2-1-3-13(8)21-10/h4-6H,1-3,7,18H2,(H,19,20). The van der Waals surface area contributed by atoms with Gasteiger partial charge in [0.15, 0.2) is 0 Å². The van der Waals surface area contributed by atoms with Crippen molar-refractivity contribution in [3.8, 4) is 0 Å². The normalized spacial score (nSPS) is 13.2. The highest BCUT2D eigenvalue weighted by Gasteiger charge is 2.16. The van der Waals surface area contributed by atoms with Gasteiger partial charge in [-0.25, -0.2) is 0 Å². The van der Waals surface area contributed by atoms with Gasteiger partial charge in [-0.05, 0) is 43.0 Å². The molecule has 3 rings (SSSR count). The first-order valence-corrected chi connectivity index (χ1v) is 8.25. The lowest BCUT2D eigenvalue weighted by molar-refractivity contribution is 0.0951. The molecule has 1 heterocycles. The fourth-order valence-corrected chi connectivity index (χ4v) is 4.02. The van der Waals surface area contributed by atoms with Crippen molar-refractivity contribution in [2.24, 2.45) is 0 Å². The predicted octanol–water partition coefficient (Wildman–Crippen LogP) is 4.06. The van der Waals surface area contributed by atoms with E-state index in [9.17, 15) is 4.79 Å². The maximum atomic E-state index is 12.1. The Morgan fingerprint density at radius 3 is 2.81 bits per heavy atom. The van der Waals surface area contributed by atoms with Gasteiger partial charge in [0.2, 0.25) is 0 Å². The van der Waals surface area contributed by atoms with Crippen molar-refractivity contribution < 1.29 is 4.79 Å². The van der Waals surface area contributed by atoms with E-state index in [1.165, 1.54) is 33.9 Å². The lowest BCUT2D eigenvalue weighted by Crippen LogP contribution is -2.22. The molecule has 1 aromatic heterocycles. The van der Waals surface area contributed by atoms with Gasteiger partial charge in [0.1, 0.15) is 0 Å². The van der Waals surface area contributed by atoms with E-state index >= 15 is 0 Å². The van der Waals surface area contributed by atoms with Crippen LogP contribution in [0.1, 0.15) is 32.1 Å². The highest BCUT2D eigenvalue weighted by molar-refractivity contribution is 7.12. The van der Waals surface area contributed by atoms with Crippen molar-refractivity contribution in [2.45, 2.75) is 25.8 Å². The van der Waals surface area contributed by atoms with E-state index in [0.29, 0.717) is 17.8 Å². The Balaban J connectivity index is 1.68. The summed E-state index contributed by atoms with van der Waals surface area (Å²) in [7, 11) is 0. The summed E-state index contributed by atoms with van der Waals surface area (Å²) in [6.07, 6.45) is 3.57. The molecule has 3 N–H and O–H groups in total. The van der Waals surface area contributed by atoms with E-state index in [4.69, 9.17) is 28.9 Å². The number of benzene rings is 1. The second-order valence-corrected chi connectivity index (χ2v) is 7.07. The summed E-state index contributed by atoms with van der Waals surface area (Å²) in [5, 5.41) is 3.46. The first kappa shape index (κ1) is 14.7. The number of fused-ring (bicyclic) bond motifs is 1. The number of carbonyl (C=O) groups is 1. The van der Waals surface area contributed by atoms with E-state index in [-0.39, 0.29) is 16.0 Å². The molecule has 0 saturated carbocycles. The number of hydrogen-bond donors (Lipinski definition) is 2. The number of carbonyl (C=O) groups excluding carboxylic acids is 1. The molecule has 0 spiro atoms. The quantitative estimate of drug-likeness (QED) is 0.828. The van der Waals surface area contributed by atoms with Crippen LogP contribution >= 0.6 is 34.5 Å². The van der Waals surface area contributed by atoms with E-state index in [2.05, 4.69) is 11.4 Å². The van der Waals surface area contributed by atoms with Crippen molar-refractivity contribution in [1.29, 1.82) is 0 Å². The Morgan fingerprint density at radius 2 is 2.10 bits per heavy atom. The zero-order valence-corrected chi connectivity index (χ0v) is 13.5. The van der Waals surface area contributed by atoms with Gasteiger partial charge in [0.25, 0.3) is 5.91 Å². The third kappa shape index (κ3) is 3.03. The molecule has 1 aliphatic carbocycles. The van der Waals surface area contributed by atoms with Gasteiger partial charge < -0.3 is 11.1 Å². The molecule has 21 heavy (non-hydrogen) atoms. The largest absolute Gasteiger partial charge is 0.397 e. The van der Waals surface area contributed by atoms with Crippen LogP contribution in [0.25, 0.3) is 0 Å². The molecule has 1 aromatic carbocycles. The third-order valence-corrected chi connectivity index (χ3v) is 5.59. The summed E-state index contributed by atoms with van der Waals surface area (Å²) < 4.78 is 0. The molecule has 110 valence electrons. The van der Waals surface area contributed by atoms with Gasteiger partial charge in [0, 0.05) is 15.3 Å². The number of amides is 1. The molecule has 0 unspecified atom stereocenters. The summed E-state index contributed by atoms with van der Waals surface area (Å²) in [5.74, 6) is -0.200. The highest BCUT2D eigenvalue weighted by Crippen LogP contribution is 2.31. The van der Waals surface area contributed by atoms with Gasteiger partial charge >= 0.3 is 0 Å². The van der Waals surface area contributed by atoms with Crippen LogP contribution in [0.5, 0.6) is 0 Å². The number of aryl methyl sites for hydroxylation is 2. The van der Waals surface area contributed by atoms with Crippen molar-refractivity contribution in [3.63, 3.8) is 0 Å². The van der Waals surface area contributed by atoms with Crippen LogP contribution in [-0.2, 0) is 19.4 Å². The van der Waals surface area contributed by atoms with Gasteiger partial charge in [-0.3, -0.25) is 4.79 Å². The molecular weight excluding hydrogens is 327 g/mol. The van der Waals surface area contributed by atoms with Gasteiger partial charge in [0.05, 0.1) is 22.3 Å². The molecule has 0 fully saturated rings. The smallest absolute Gasteiger partial charge is 0.251 e. The fourth-order valence-electron chi connectivity index (χ4n) is 2.49. The zero-order chi connectivity index (χ0) is 15.0. The molecule has 2 aromatic rings. The first-order valence-electron chi connectivity index (χ1n) is 6.68. The Kier molecular flexibility index (Phi) is 4.11. The molecular formula is C15H14Cl2N2OS. The topological polar surface area (TPSA) is 55.1 Å². The van der Waals surface area contributed by atoms with Crippen LogP contribution in [0.15, 0.2) is 18.2 Å². The van der Waals surface area contributed by atoms with Gasteiger partial charge in [-0.15, -0.1) is 11.3 Å². The second kappa shape index (κ2) is 5.87. The summed E-state index contributed by atoms with van der Waals surface area (Å²) in [6.45, 7) is 0.524. The fraction of sp³-hybridized carbons (Fsp3) is 0.267. The zero-order valence-electron chi connectivity index (χ0n) is 11.2. The number of nitrogens with one attached hydrogen (secondary N) is 1. The Morgan fingerprint density at radius 1 is 1.29 bits per heavy atom. The van der Waals surface area contributed by atoms with Crippen LogP contribution in [0.4, 0.5) is 5.69 Å². The van der Waals surface area contributed by atoms with E-state index in [0.717, 1.165) is 12.8 Å². The van der Waals surface area contributed by atoms with E-state index < -0.39 is 0 Å². The Labute approximate surface area is 137 Å². The Hall–Kier alpha value is -1.23. The maximum Gasteiger partial charge on any atom is 0.251 e. The van der Waals surface area contributed by atoms with Gasteiger partial charge in [-0.1, -0.05) is 23.2 Å². The number of thiophene rings is 1. The van der Waals surface area contributed by atoms with Crippen molar-refractivity contribution >= 4 is 46.1 Å². The van der Waals surface area contributed by atoms with Gasteiger partial charge in [-0.2, -0.15) is 0 Å². The second-order valence-electron chi connectivity index (χ2n) is 5.06. The van der Waals surface area contributed by atoms with Crippen LogP contribution in [0, 0.1) is 0 Å². The summed E-state index contributed by atoms with van der Waals surface area (Å²) in [5.41, 5.74) is 7.89. The average molecular weight is 341 g/mol. The number of nitrogen functional groups attached to an aromatic ring is 1. The molecule has 6 heteroatoms. The first-order chi connectivity index (χ1) is 10.0. The minimum Gasteiger partial charge on any atom is -0.397 e. The maximum absolute atomic E-state index is 12.1. The van der Waals surface area contributed by atoms with Crippen LogP contribution in [-0.4, -0.2) is 5.91 Å². The van der Waals surface area contributed by atoms with E-state index in [1.807, 2.05) is 0 Å². The van der Waals surface area contributed by atoms with Crippen molar-refractivity contribution in [2.75, 3.05) is 5.73 Å². The molecule has 0 radical (unpaired) electrons. The van der Waals surface area contributed by atoms with Crippen LogP contribution in [0.3, 0.4) is 0 Å². The number of nitrogens with two attached hydrogens (primary N) is 1. The van der Waals surface area contributed by atoms with E-state index in [1.54, 1.807) is 11.3 Å². The molecule has 1 amide bonds. The number of hydrogen-bond acceptors (Lipinski definition) is 3. The summed E-state index contributed by atoms with van der Waals surface area (Å²) >= 11 is 13.6. The molecule has 0 saturated heterocycles. The number of anilines is 1. The monoisotopic (exact) mass is 340 g/mol. The Bertz CT molecular complexity index is 667. The third-order valence-electron chi connectivity index (χ3n) is 3.54. The minimum atomic E-state index is -0.200. The lowest BCUT2D eigenvalue weighted by atomic mass is 10.2. The lowest BCUT2D eigenvalue weighted by Gasteiger charge is -2.07. The predicted molar refractivity (Wildman–Crippen MR) is 88.4 cm³/mol. The molecule has 0 bridgehead atoms. The van der Waals surface area contributed by atoms with Crippen molar-refractivity contribution in [1.82, 2.24) is 5.32 Å². The average Bonchev–Trinajstić information content (AvgIpc) is 3.02. The molecule has 3 nitrogen and oxygen atoms in total. The molecule has 0 atom stereocenters. The SMILES string of the molecule is Nc1cc(C(=O)NCc2cc3c(s2)CCC3)cc(Cl)c1Cl. The highest BCUT2D eigenvalue weighted by atomic mass is 35.5. The number of rotatable bonds is 3. The molecule has 0 aliphatic heterocycles. The van der Waals surface area contributed by atoms with Crippen LogP contribution < -0.4 is 11.1 Å². The van der Waals surface area contributed by atoms with Crippen LogP contribution in [0.2, 0.25) is 10.0 Å². The summed E-state index contributed by atoms with van der Waals surface area (Å²) in [6, 6.07) is 5.26. The summed E-state index contributed by atoms with van der Waals surface area (Å²) in [4.78, 5) is 14.8. The minimum absolute atomic E-state index is 0.200. The molecule has 1 aliphatic rings. The van der Waals surface area contributed by atoms with Crippen molar-refractivity contribution in [3.05, 3.63) is 49.1 Å².